The Morgan fingerprint density at radius 3 is 2.67 bits per heavy atom. The van der Waals surface area contributed by atoms with E-state index in [0.29, 0.717) is 12.3 Å². The Morgan fingerprint density at radius 2 is 2.22 bits per heavy atom. The summed E-state index contributed by atoms with van der Waals surface area (Å²) in [5.41, 5.74) is 0. The van der Waals surface area contributed by atoms with Gasteiger partial charge in [0.15, 0.2) is 0 Å². The molecule has 0 N–H and O–H groups in total. The molecule has 0 rings (SSSR count). The average Bonchev–Trinajstić information content (AvgIpc) is 1.85. The molecule has 0 bridgehead atoms. The van der Waals surface area contributed by atoms with Crippen LogP contribution < -0.4 is 0 Å². The quantitative estimate of drug-likeness (QED) is 0.417. The number of carbonyl (C=O) groups is 1. The molecule has 0 heterocycles. The molecule has 0 aliphatic carbocycles. The Bertz CT molecular complexity index is 94.7. The maximum atomic E-state index is 9.94. The van der Waals surface area contributed by atoms with E-state index < -0.39 is 0 Å². The highest BCUT2D eigenvalue weighted by Crippen LogP contribution is 2.00. The molecule has 0 saturated heterocycles. The third kappa shape index (κ3) is 5.28. The highest BCUT2D eigenvalue weighted by atomic mass is 16.1. The normalized spacial score (nSPS) is 14.0. The molecule has 0 amide bonds. The average molecular weight is 126 g/mol. The number of rotatable bonds is 4. The molecule has 1 heteroatoms. The van der Waals surface area contributed by atoms with E-state index >= 15 is 0 Å². The van der Waals surface area contributed by atoms with Crippen molar-refractivity contribution >= 4 is 6.29 Å². The SMILES string of the molecule is CC/C=C/C(C)CC=O. The summed E-state index contributed by atoms with van der Waals surface area (Å²) in [6.45, 7) is 4.13. The van der Waals surface area contributed by atoms with Gasteiger partial charge in [-0.1, -0.05) is 26.0 Å². The van der Waals surface area contributed by atoms with Gasteiger partial charge < -0.3 is 4.79 Å². The fourth-order valence-corrected chi connectivity index (χ4v) is 0.599. The van der Waals surface area contributed by atoms with Crippen molar-refractivity contribution in [2.45, 2.75) is 26.7 Å². The van der Waals surface area contributed by atoms with Crippen LogP contribution in [0.1, 0.15) is 26.7 Å². The number of hydrogen-bond donors (Lipinski definition) is 0. The van der Waals surface area contributed by atoms with E-state index in [4.69, 9.17) is 0 Å². The van der Waals surface area contributed by atoms with Gasteiger partial charge in [-0.05, 0) is 12.3 Å². The van der Waals surface area contributed by atoms with E-state index in [2.05, 4.69) is 19.1 Å². The summed E-state index contributed by atoms with van der Waals surface area (Å²) in [5, 5.41) is 0. The van der Waals surface area contributed by atoms with E-state index in [-0.39, 0.29) is 0 Å². The molecule has 0 aromatic heterocycles. The van der Waals surface area contributed by atoms with Gasteiger partial charge in [-0.25, -0.2) is 0 Å². The number of carbonyl (C=O) groups excluding carboxylic acids is 1. The molecule has 1 nitrogen and oxygen atoms in total. The van der Waals surface area contributed by atoms with Crippen molar-refractivity contribution in [2.75, 3.05) is 0 Å². The smallest absolute Gasteiger partial charge is 0.120 e. The lowest BCUT2D eigenvalue weighted by Gasteiger charge is -1.96. The van der Waals surface area contributed by atoms with E-state index in [9.17, 15) is 4.79 Å². The lowest BCUT2D eigenvalue weighted by Crippen LogP contribution is -1.88. The summed E-state index contributed by atoms with van der Waals surface area (Å²) >= 11 is 0. The van der Waals surface area contributed by atoms with Gasteiger partial charge in [-0.15, -0.1) is 0 Å². The van der Waals surface area contributed by atoms with Crippen molar-refractivity contribution in [3.8, 4) is 0 Å². The molecule has 0 spiro atoms. The second-order valence-corrected chi connectivity index (χ2v) is 2.22. The van der Waals surface area contributed by atoms with Crippen LogP contribution in [0.25, 0.3) is 0 Å². The molecule has 0 saturated carbocycles. The molecule has 0 aliphatic heterocycles. The summed E-state index contributed by atoms with van der Waals surface area (Å²) in [5.74, 6) is 0.419. The van der Waals surface area contributed by atoms with E-state index in [1.54, 1.807) is 0 Å². The van der Waals surface area contributed by atoms with Crippen molar-refractivity contribution in [1.82, 2.24) is 0 Å². The second-order valence-electron chi connectivity index (χ2n) is 2.22. The maximum Gasteiger partial charge on any atom is 0.120 e. The highest BCUT2D eigenvalue weighted by Gasteiger charge is 1.91. The van der Waals surface area contributed by atoms with Crippen LogP contribution in [-0.2, 0) is 4.79 Å². The third-order valence-electron chi connectivity index (χ3n) is 1.17. The molecular formula is C8H14O. The van der Waals surface area contributed by atoms with Gasteiger partial charge in [0, 0.05) is 6.42 Å². The Balaban J connectivity index is 3.35. The number of allylic oxidation sites excluding steroid dienone is 2. The predicted octanol–water partition coefficient (Wildman–Crippen LogP) is 2.18. The largest absolute Gasteiger partial charge is 0.303 e. The minimum absolute atomic E-state index is 0.419. The summed E-state index contributed by atoms with van der Waals surface area (Å²) in [6.07, 6.45) is 6.84. The van der Waals surface area contributed by atoms with Crippen molar-refractivity contribution in [3.05, 3.63) is 12.2 Å². The van der Waals surface area contributed by atoms with E-state index in [1.807, 2.05) is 6.92 Å². The van der Waals surface area contributed by atoms with Gasteiger partial charge >= 0.3 is 0 Å². The third-order valence-corrected chi connectivity index (χ3v) is 1.17. The lowest BCUT2D eigenvalue weighted by molar-refractivity contribution is -0.108. The molecule has 1 unspecified atom stereocenters. The molecule has 1 atom stereocenters. The van der Waals surface area contributed by atoms with Crippen molar-refractivity contribution < 1.29 is 4.79 Å². The minimum atomic E-state index is 0.419. The molecule has 9 heavy (non-hydrogen) atoms. The van der Waals surface area contributed by atoms with Gasteiger partial charge in [0.2, 0.25) is 0 Å². The van der Waals surface area contributed by atoms with E-state index in [1.165, 1.54) is 0 Å². The first kappa shape index (κ1) is 8.41. The highest BCUT2D eigenvalue weighted by molar-refractivity contribution is 5.50. The lowest BCUT2D eigenvalue weighted by atomic mass is 10.1. The minimum Gasteiger partial charge on any atom is -0.303 e. The summed E-state index contributed by atoms with van der Waals surface area (Å²) in [6, 6.07) is 0. The molecule has 0 aliphatic rings. The zero-order valence-electron chi connectivity index (χ0n) is 6.13. The van der Waals surface area contributed by atoms with Crippen LogP contribution >= 0.6 is 0 Å². The Kier molecular flexibility index (Phi) is 5.18. The van der Waals surface area contributed by atoms with Crippen LogP contribution in [0.5, 0.6) is 0 Å². The summed E-state index contributed by atoms with van der Waals surface area (Å²) in [4.78, 5) is 9.94. The molecule has 0 aromatic rings. The molecule has 0 radical (unpaired) electrons. The van der Waals surface area contributed by atoms with Crippen molar-refractivity contribution in [3.63, 3.8) is 0 Å². The van der Waals surface area contributed by atoms with Gasteiger partial charge in [-0.3, -0.25) is 0 Å². The first-order valence-electron chi connectivity index (χ1n) is 3.41. The van der Waals surface area contributed by atoms with Crippen LogP contribution in [0.3, 0.4) is 0 Å². The standard InChI is InChI=1S/C8H14O/c1-3-4-5-8(2)6-7-9/h4-5,7-8H,3,6H2,1-2H3/b5-4+. The van der Waals surface area contributed by atoms with Crippen molar-refractivity contribution in [2.24, 2.45) is 5.92 Å². The van der Waals surface area contributed by atoms with Crippen molar-refractivity contribution in [1.29, 1.82) is 0 Å². The number of aldehydes is 1. The fourth-order valence-electron chi connectivity index (χ4n) is 0.599. The summed E-state index contributed by atoms with van der Waals surface area (Å²) in [7, 11) is 0. The first-order valence-corrected chi connectivity index (χ1v) is 3.41. The molecular weight excluding hydrogens is 112 g/mol. The van der Waals surface area contributed by atoms with Crippen LogP contribution in [0.2, 0.25) is 0 Å². The van der Waals surface area contributed by atoms with Gasteiger partial charge in [0.1, 0.15) is 6.29 Å². The zero-order valence-corrected chi connectivity index (χ0v) is 6.13. The Labute approximate surface area is 56.8 Å². The van der Waals surface area contributed by atoms with Crippen LogP contribution in [0.4, 0.5) is 0 Å². The van der Waals surface area contributed by atoms with Gasteiger partial charge in [0.25, 0.3) is 0 Å². The zero-order chi connectivity index (χ0) is 7.11. The number of hydrogen-bond acceptors (Lipinski definition) is 1. The predicted molar refractivity (Wildman–Crippen MR) is 39.3 cm³/mol. The monoisotopic (exact) mass is 126 g/mol. The fraction of sp³-hybridized carbons (Fsp3) is 0.625. The van der Waals surface area contributed by atoms with Crippen LogP contribution in [-0.4, -0.2) is 6.29 Å². The Morgan fingerprint density at radius 1 is 1.56 bits per heavy atom. The van der Waals surface area contributed by atoms with Crippen LogP contribution in [0, 0.1) is 5.92 Å². The van der Waals surface area contributed by atoms with Crippen LogP contribution in [0.15, 0.2) is 12.2 Å². The Hall–Kier alpha value is -0.590. The van der Waals surface area contributed by atoms with E-state index in [0.717, 1.165) is 12.7 Å². The molecule has 0 fully saturated rings. The molecule has 0 aromatic carbocycles. The topological polar surface area (TPSA) is 17.1 Å². The summed E-state index contributed by atoms with van der Waals surface area (Å²) < 4.78 is 0. The first-order chi connectivity index (χ1) is 4.31. The second kappa shape index (κ2) is 5.54. The van der Waals surface area contributed by atoms with Gasteiger partial charge in [-0.2, -0.15) is 0 Å². The molecule has 52 valence electrons. The maximum absolute atomic E-state index is 9.94. The van der Waals surface area contributed by atoms with Gasteiger partial charge in [0.05, 0.1) is 0 Å².